The number of hydrogen-bond donors (Lipinski definition) is 2. The number of aliphatic carboxylic acids is 1. The number of aromatic nitrogens is 2. The second-order valence-corrected chi connectivity index (χ2v) is 3.42. The smallest absolute Gasteiger partial charge is 0.322 e. The van der Waals surface area contributed by atoms with Crippen LogP contribution in [0.4, 0.5) is 0 Å². The Morgan fingerprint density at radius 1 is 1.44 bits per heavy atom. The van der Waals surface area contributed by atoms with Gasteiger partial charge < -0.3 is 10.8 Å². The van der Waals surface area contributed by atoms with Gasteiger partial charge >= 0.3 is 5.97 Å². The monoisotopic (exact) mass is 269 g/mol. The van der Waals surface area contributed by atoms with Gasteiger partial charge in [-0.05, 0) is 26.3 Å². The second-order valence-electron chi connectivity index (χ2n) is 3.42. The van der Waals surface area contributed by atoms with Crippen LogP contribution in [0.3, 0.4) is 0 Å². The lowest BCUT2D eigenvalue weighted by molar-refractivity contribution is -0.138. The lowest BCUT2D eigenvalue weighted by Crippen LogP contribution is -2.35. The minimum absolute atomic E-state index is 0. The predicted octanol–water partition coefficient (Wildman–Crippen LogP) is 1.06. The van der Waals surface area contributed by atoms with Gasteiger partial charge in [-0.25, -0.2) is 0 Å². The average molecular weight is 270 g/mol. The van der Waals surface area contributed by atoms with Crippen molar-refractivity contribution in [1.29, 1.82) is 0 Å². The summed E-state index contributed by atoms with van der Waals surface area (Å²) in [4.78, 5) is 10.5. The Balaban J connectivity index is 0. The normalized spacial score (nSPS) is 11.2. The largest absolute Gasteiger partial charge is 0.480 e. The molecule has 0 fully saturated rings. The van der Waals surface area contributed by atoms with E-state index in [0.29, 0.717) is 0 Å². The quantitative estimate of drug-likeness (QED) is 0.860. The highest BCUT2D eigenvalue weighted by atomic mass is 35.5. The molecule has 0 amide bonds. The maximum atomic E-state index is 10.5. The fourth-order valence-corrected chi connectivity index (χ4v) is 1.23. The van der Waals surface area contributed by atoms with Crippen molar-refractivity contribution >= 4 is 30.8 Å². The number of aryl methyl sites for hydroxylation is 1. The van der Waals surface area contributed by atoms with E-state index in [9.17, 15) is 4.79 Å². The Labute approximate surface area is 107 Å². The third-order valence-corrected chi connectivity index (χ3v) is 2.43. The Kier molecular flexibility index (Phi) is 7.40. The highest BCUT2D eigenvalue weighted by Crippen LogP contribution is 2.10. The van der Waals surface area contributed by atoms with E-state index >= 15 is 0 Å². The van der Waals surface area contributed by atoms with E-state index < -0.39 is 12.0 Å². The first-order valence-corrected chi connectivity index (χ1v) is 4.42. The molecule has 1 rings (SSSR count). The van der Waals surface area contributed by atoms with E-state index in [2.05, 4.69) is 5.10 Å². The number of carboxylic acid groups (broad SMARTS) is 1. The molecule has 94 valence electrons. The molecular weight excluding hydrogens is 253 g/mol. The van der Waals surface area contributed by atoms with Crippen LogP contribution in [-0.2, 0) is 11.3 Å². The van der Waals surface area contributed by atoms with Crippen LogP contribution in [0, 0.1) is 20.8 Å². The number of hydrogen-bond acceptors (Lipinski definition) is 3. The molecule has 0 saturated carbocycles. The molecule has 1 atom stereocenters. The summed E-state index contributed by atoms with van der Waals surface area (Å²) < 4.78 is 1.64. The van der Waals surface area contributed by atoms with Gasteiger partial charge in [0, 0.05) is 5.69 Å². The molecule has 5 nitrogen and oxygen atoms in total. The standard InChI is InChI=1S/C9H15N3O2.2ClH/c1-5-6(2)11-12(7(5)3)4-8(10)9(13)14;;/h8H,4,10H2,1-3H3,(H,13,14);2*1H. The number of carboxylic acids is 1. The minimum Gasteiger partial charge on any atom is -0.480 e. The molecule has 3 N–H and O–H groups in total. The van der Waals surface area contributed by atoms with Crippen LogP contribution in [0.1, 0.15) is 17.0 Å². The highest BCUT2D eigenvalue weighted by molar-refractivity contribution is 5.85. The van der Waals surface area contributed by atoms with Crippen molar-refractivity contribution in [2.24, 2.45) is 5.73 Å². The van der Waals surface area contributed by atoms with Gasteiger partial charge in [0.25, 0.3) is 0 Å². The fraction of sp³-hybridized carbons (Fsp3) is 0.556. The molecule has 0 radical (unpaired) electrons. The van der Waals surface area contributed by atoms with Crippen molar-refractivity contribution in [2.75, 3.05) is 0 Å². The first-order valence-electron chi connectivity index (χ1n) is 4.42. The van der Waals surface area contributed by atoms with E-state index in [-0.39, 0.29) is 31.4 Å². The van der Waals surface area contributed by atoms with Crippen LogP contribution in [0.5, 0.6) is 0 Å². The van der Waals surface area contributed by atoms with E-state index in [1.54, 1.807) is 4.68 Å². The molecule has 0 aliphatic rings. The zero-order chi connectivity index (χ0) is 10.9. The van der Waals surface area contributed by atoms with Gasteiger partial charge in [0.2, 0.25) is 0 Å². The van der Waals surface area contributed by atoms with Crippen molar-refractivity contribution in [3.8, 4) is 0 Å². The zero-order valence-corrected chi connectivity index (χ0v) is 11.1. The summed E-state index contributed by atoms with van der Waals surface area (Å²) in [6, 6.07) is -0.896. The number of nitrogens with zero attached hydrogens (tertiary/aromatic N) is 2. The van der Waals surface area contributed by atoms with Gasteiger partial charge in [0.05, 0.1) is 12.2 Å². The molecule has 1 heterocycles. The lowest BCUT2D eigenvalue weighted by Gasteiger charge is -2.08. The fourth-order valence-electron chi connectivity index (χ4n) is 1.23. The van der Waals surface area contributed by atoms with E-state index in [0.717, 1.165) is 17.0 Å². The molecule has 1 unspecified atom stereocenters. The van der Waals surface area contributed by atoms with Crippen molar-refractivity contribution in [3.63, 3.8) is 0 Å². The Hall–Kier alpha value is -0.780. The molecule has 16 heavy (non-hydrogen) atoms. The summed E-state index contributed by atoms with van der Waals surface area (Å²) in [5, 5.41) is 12.8. The van der Waals surface area contributed by atoms with Gasteiger partial charge in [-0.15, -0.1) is 24.8 Å². The van der Waals surface area contributed by atoms with Crippen molar-refractivity contribution in [3.05, 3.63) is 17.0 Å². The van der Waals surface area contributed by atoms with Crippen molar-refractivity contribution in [2.45, 2.75) is 33.4 Å². The molecule has 0 aromatic carbocycles. The van der Waals surface area contributed by atoms with Gasteiger partial charge in [0.1, 0.15) is 6.04 Å². The van der Waals surface area contributed by atoms with Gasteiger partial charge in [-0.1, -0.05) is 0 Å². The number of nitrogens with two attached hydrogens (primary N) is 1. The zero-order valence-electron chi connectivity index (χ0n) is 9.43. The van der Waals surface area contributed by atoms with Crippen LogP contribution in [-0.4, -0.2) is 26.9 Å². The molecule has 1 aromatic rings. The average Bonchev–Trinajstić information content (AvgIpc) is 2.33. The summed E-state index contributed by atoms with van der Waals surface area (Å²) in [5.74, 6) is -1.00. The van der Waals surface area contributed by atoms with Crippen LogP contribution >= 0.6 is 24.8 Å². The molecule has 0 saturated heterocycles. The van der Waals surface area contributed by atoms with Gasteiger partial charge in [0.15, 0.2) is 0 Å². The van der Waals surface area contributed by atoms with Gasteiger partial charge in [-0.2, -0.15) is 5.10 Å². The summed E-state index contributed by atoms with van der Waals surface area (Å²) in [5.41, 5.74) is 8.39. The first-order chi connectivity index (χ1) is 6.43. The van der Waals surface area contributed by atoms with Crippen LogP contribution in [0.15, 0.2) is 0 Å². The van der Waals surface area contributed by atoms with E-state index in [1.165, 1.54) is 0 Å². The molecule has 7 heteroatoms. The van der Waals surface area contributed by atoms with Gasteiger partial charge in [-0.3, -0.25) is 9.48 Å². The Morgan fingerprint density at radius 3 is 2.25 bits per heavy atom. The molecule has 1 aromatic heterocycles. The molecular formula is C9H17Cl2N3O2. The maximum Gasteiger partial charge on any atom is 0.322 e. The van der Waals surface area contributed by atoms with Crippen molar-refractivity contribution in [1.82, 2.24) is 9.78 Å². The second kappa shape index (κ2) is 6.73. The predicted molar refractivity (Wildman–Crippen MR) is 66.5 cm³/mol. The number of halogens is 2. The van der Waals surface area contributed by atoms with E-state index in [1.807, 2.05) is 20.8 Å². The molecule has 0 bridgehead atoms. The number of rotatable bonds is 3. The first kappa shape index (κ1) is 17.6. The number of carbonyl (C=O) groups is 1. The SMILES string of the molecule is Cc1nn(CC(N)C(=O)O)c(C)c1C.Cl.Cl. The highest BCUT2D eigenvalue weighted by Gasteiger charge is 2.15. The van der Waals surface area contributed by atoms with Crippen LogP contribution < -0.4 is 5.73 Å². The van der Waals surface area contributed by atoms with Crippen LogP contribution in [0.2, 0.25) is 0 Å². The summed E-state index contributed by atoms with van der Waals surface area (Å²) in [7, 11) is 0. The summed E-state index contributed by atoms with van der Waals surface area (Å²) >= 11 is 0. The lowest BCUT2D eigenvalue weighted by atomic mass is 10.2. The maximum absolute atomic E-state index is 10.5. The molecule has 0 aliphatic heterocycles. The molecule has 0 aliphatic carbocycles. The summed E-state index contributed by atoms with van der Waals surface area (Å²) in [6.45, 7) is 5.98. The van der Waals surface area contributed by atoms with Crippen LogP contribution in [0.25, 0.3) is 0 Å². The summed E-state index contributed by atoms with van der Waals surface area (Å²) in [6.07, 6.45) is 0. The third kappa shape index (κ3) is 3.66. The van der Waals surface area contributed by atoms with Crippen molar-refractivity contribution < 1.29 is 9.90 Å². The topological polar surface area (TPSA) is 81.1 Å². The Morgan fingerprint density at radius 2 is 1.94 bits per heavy atom. The Bertz CT molecular complexity index is 366. The third-order valence-electron chi connectivity index (χ3n) is 2.43. The minimum atomic E-state index is -1.00. The molecule has 0 spiro atoms. The van der Waals surface area contributed by atoms with E-state index in [4.69, 9.17) is 10.8 Å².